The summed E-state index contributed by atoms with van der Waals surface area (Å²) >= 11 is 0. The van der Waals surface area contributed by atoms with Gasteiger partial charge in [0.1, 0.15) is 0 Å². The Balaban J connectivity index is 2.21. The molecule has 1 heterocycles. The van der Waals surface area contributed by atoms with Crippen molar-refractivity contribution in [2.45, 2.75) is 39.0 Å². The number of fused-ring (bicyclic) bond motifs is 1. The molecular weight excluding hydrogens is 184 g/mol. The highest BCUT2D eigenvalue weighted by Gasteiger charge is 2.22. The van der Waals surface area contributed by atoms with Crippen LogP contribution in [0.3, 0.4) is 0 Å². The summed E-state index contributed by atoms with van der Waals surface area (Å²) in [5.41, 5.74) is 9.67. The lowest BCUT2D eigenvalue weighted by atomic mass is 10.0. The Bertz CT molecular complexity index is 344. The van der Waals surface area contributed by atoms with Crippen LogP contribution in [0.5, 0.6) is 0 Å². The first-order valence-corrected chi connectivity index (χ1v) is 5.89. The summed E-state index contributed by atoms with van der Waals surface area (Å²) in [5, 5.41) is 0. The summed E-state index contributed by atoms with van der Waals surface area (Å²) in [6.07, 6.45) is 3.38. The maximum Gasteiger partial charge on any atom is 0.0442 e. The van der Waals surface area contributed by atoms with Crippen molar-refractivity contribution < 1.29 is 0 Å². The predicted molar refractivity (Wildman–Crippen MR) is 62.9 cm³/mol. The highest BCUT2D eigenvalue weighted by molar-refractivity contribution is 5.31. The molecule has 1 atom stereocenters. The van der Waals surface area contributed by atoms with Gasteiger partial charge in [-0.2, -0.15) is 0 Å². The molecule has 0 bridgehead atoms. The summed E-state index contributed by atoms with van der Waals surface area (Å²) in [4.78, 5) is 4.74. The number of hydrogen-bond donors (Lipinski definition) is 1. The van der Waals surface area contributed by atoms with Crippen LogP contribution in [-0.4, -0.2) is 11.5 Å². The summed E-state index contributed by atoms with van der Waals surface area (Å²) in [7, 11) is 0. The van der Waals surface area contributed by atoms with Crippen molar-refractivity contribution in [3.8, 4) is 0 Å². The molecule has 1 aromatic rings. The van der Waals surface area contributed by atoms with E-state index in [-0.39, 0.29) is 0 Å². The van der Waals surface area contributed by atoms with Crippen LogP contribution in [-0.2, 0) is 12.8 Å². The summed E-state index contributed by atoms with van der Waals surface area (Å²) < 4.78 is 0. The van der Waals surface area contributed by atoms with Crippen molar-refractivity contribution in [3.63, 3.8) is 0 Å². The second-order valence-corrected chi connectivity index (χ2v) is 4.91. The zero-order valence-corrected chi connectivity index (χ0v) is 9.66. The molecule has 2 heteroatoms. The van der Waals surface area contributed by atoms with E-state index in [1.165, 1.54) is 23.4 Å². The fraction of sp³-hybridized carbons (Fsp3) is 0.615. The van der Waals surface area contributed by atoms with E-state index in [4.69, 9.17) is 10.7 Å². The SMILES string of the molecule is CC(C)Cc1ccc2c(n1)CCC2CN. The van der Waals surface area contributed by atoms with Crippen molar-refractivity contribution in [2.24, 2.45) is 11.7 Å². The fourth-order valence-corrected chi connectivity index (χ4v) is 2.37. The normalized spacial score (nSPS) is 19.6. The molecule has 1 aliphatic rings. The first-order valence-electron chi connectivity index (χ1n) is 5.89. The van der Waals surface area contributed by atoms with Crippen LogP contribution in [0.25, 0.3) is 0 Å². The molecule has 2 nitrogen and oxygen atoms in total. The van der Waals surface area contributed by atoms with Crippen molar-refractivity contribution in [3.05, 3.63) is 29.1 Å². The zero-order chi connectivity index (χ0) is 10.8. The topological polar surface area (TPSA) is 38.9 Å². The number of nitrogens with zero attached hydrogens (tertiary/aromatic N) is 1. The molecule has 0 aliphatic heterocycles. The third-order valence-electron chi connectivity index (χ3n) is 3.14. The largest absolute Gasteiger partial charge is 0.330 e. The van der Waals surface area contributed by atoms with Gasteiger partial charge in [0.05, 0.1) is 0 Å². The van der Waals surface area contributed by atoms with Crippen LogP contribution in [0.1, 0.15) is 43.1 Å². The van der Waals surface area contributed by atoms with E-state index >= 15 is 0 Å². The maximum atomic E-state index is 5.74. The molecule has 0 fully saturated rings. The van der Waals surface area contributed by atoms with Gasteiger partial charge in [0.15, 0.2) is 0 Å². The van der Waals surface area contributed by atoms with Crippen molar-refractivity contribution in [2.75, 3.05) is 6.54 Å². The van der Waals surface area contributed by atoms with Crippen molar-refractivity contribution in [1.29, 1.82) is 0 Å². The highest BCUT2D eigenvalue weighted by atomic mass is 14.7. The lowest BCUT2D eigenvalue weighted by Crippen LogP contribution is -2.09. The van der Waals surface area contributed by atoms with Gasteiger partial charge in [-0.05, 0) is 49.3 Å². The molecule has 0 amide bonds. The number of rotatable bonds is 3. The molecule has 2 N–H and O–H groups in total. The first kappa shape index (κ1) is 10.6. The Hall–Kier alpha value is -0.890. The van der Waals surface area contributed by atoms with Crippen LogP contribution >= 0.6 is 0 Å². The fourth-order valence-electron chi connectivity index (χ4n) is 2.37. The molecule has 1 aromatic heterocycles. The van der Waals surface area contributed by atoms with Crippen LogP contribution < -0.4 is 5.73 Å². The predicted octanol–water partition coefficient (Wildman–Crippen LogP) is 2.27. The Kier molecular flexibility index (Phi) is 3.06. The van der Waals surface area contributed by atoms with Crippen LogP contribution in [0, 0.1) is 5.92 Å². The van der Waals surface area contributed by atoms with E-state index in [1.807, 2.05) is 0 Å². The minimum atomic E-state index is 0.556. The van der Waals surface area contributed by atoms with Gasteiger partial charge in [-0.15, -0.1) is 0 Å². The van der Waals surface area contributed by atoms with Crippen LogP contribution in [0.15, 0.2) is 12.1 Å². The average Bonchev–Trinajstić information content (AvgIpc) is 2.58. The summed E-state index contributed by atoms with van der Waals surface area (Å²) in [6.45, 7) is 5.23. The van der Waals surface area contributed by atoms with Crippen LogP contribution in [0.4, 0.5) is 0 Å². The number of nitrogens with two attached hydrogens (primary N) is 1. The van der Waals surface area contributed by atoms with Gasteiger partial charge < -0.3 is 5.73 Å². The number of hydrogen-bond acceptors (Lipinski definition) is 2. The van der Waals surface area contributed by atoms with E-state index < -0.39 is 0 Å². The number of aryl methyl sites for hydroxylation is 1. The number of aromatic nitrogens is 1. The van der Waals surface area contributed by atoms with Gasteiger partial charge in [0, 0.05) is 11.4 Å². The molecule has 1 unspecified atom stereocenters. The molecule has 2 rings (SSSR count). The molecule has 0 radical (unpaired) electrons. The minimum Gasteiger partial charge on any atom is -0.330 e. The Labute approximate surface area is 91.9 Å². The van der Waals surface area contributed by atoms with Gasteiger partial charge in [0.25, 0.3) is 0 Å². The Morgan fingerprint density at radius 2 is 2.27 bits per heavy atom. The second-order valence-electron chi connectivity index (χ2n) is 4.91. The molecule has 0 spiro atoms. The van der Waals surface area contributed by atoms with Gasteiger partial charge in [-0.25, -0.2) is 0 Å². The number of pyridine rings is 1. The maximum absolute atomic E-state index is 5.74. The van der Waals surface area contributed by atoms with Crippen LogP contribution in [0.2, 0.25) is 0 Å². The molecule has 82 valence electrons. The highest BCUT2D eigenvalue weighted by Crippen LogP contribution is 2.31. The third kappa shape index (κ3) is 2.20. The van der Waals surface area contributed by atoms with E-state index in [0.717, 1.165) is 19.4 Å². The Morgan fingerprint density at radius 1 is 1.47 bits per heavy atom. The lowest BCUT2D eigenvalue weighted by molar-refractivity contribution is 0.633. The van der Waals surface area contributed by atoms with E-state index in [9.17, 15) is 0 Å². The van der Waals surface area contributed by atoms with E-state index in [2.05, 4.69) is 26.0 Å². The van der Waals surface area contributed by atoms with E-state index in [1.54, 1.807) is 0 Å². The molecule has 0 aromatic carbocycles. The molecule has 0 saturated heterocycles. The lowest BCUT2D eigenvalue weighted by Gasteiger charge is -2.09. The molecule has 15 heavy (non-hydrogen) atoms. The first-order chi connectivity index (χ1) is 7.20. The third-order valence-corrected chi connectivity index (χ3v) is 3.14. The van der Waals surface area contributed by atoms with Gasteiger partial charge in [-0.1, -0.05) is 19.9 Å². The van der Waals surface area contributed by atoms with Gasteiger partial charge in [0.2, 0.25) is 0 Å². The van der Waals surface area contributed by atoms with E-state index in [0.29, 0.717) is 11.8 Å². The molecular formula is C13H20N2. The average molecular weight is 204 g/mol. The minimum absolute atomic E-state index is 0.556. The second kappa shape index (κ2) is 4.31. The van der Waals surface area contributed by atoms with Gasteiger partial charge >= 0.3 is 0 Å². The zero-order valence-electron chi connectivity index (χ0n) is 9.66. The van der Waals surface area contributed by atoms with Gasteiger partial charge in [-0.3, -0.25) is 4.98 Å². The standard InChI is InChI=1S/C13H20N2/c1-9(2)7-11-4-5-12-10(8-14)3-6-13(12)15-11/h4-5,9-10H,3,6-8,14H2,1-2H3. The quantitative estimate of drug-likeness (QED) is 0.820. The smallest absolute Gasteiger partial charge is 0.0442 e. The monoisotopic (exact) mass is 204 g/mol. The van der Waals surface area contributed by atoms with Crippen molar-refractivity contribution >= 4 is 0 Å². The van der Waals surface area contributed by atoms with Crippen molar-refractivity contribution in [1.82, 2.24) is 4.98 Å². The Morgan fingerprint density at radius 3 is 2.93 bits per heavy atom. The molecule has 0 saturated carbocycles. The molecule has 1 aliphatic carbocycles. The summed E-state index contributed by atoms with van der Waals surface area (Å²) in [5.74, 6) is 1.24. The summed E-state index contributed by atoms with van der Waals surface area (Å²) in [6, 6.07) is 4.41.